The average molecular weight is 237 g/mol. The Labute approximate surface area is 101 Å². The monoisotopic (exact) mass is 237 g/mol. The van der Waals surface area contributed by atoms with E-state index >= 15 is 0 Å². The summed E-state index contributed by atoms with van der Waals surface area (Å²) in [5.74, 6) is 7.45. The average Bonchev–Trinajstić information content (AvgIpc) is 3.18. The molecule has 6 nitrogen and oxygen atoms in total. The first-order chi connectivity index (χ1) is 8.29. The van der Waals surface area contributed by atoms with Crippen LogP contribution >= 0.6 is 0 Å². The molecule has 1 aromatic heterocycles. The third-order valence-electron chi connectivity index (χ3n) is 2.78. The molecule has 6 heteroatoms. The molecule has 1 aromatic rings. The van der Waals surface area contributed by atoms with Gasteiger partial charge in [0.15, 0.2) is 5.82 Å². The SMILES string of the molecule is CN(CCOCC1CC1)c1cncc(NN)n1. The first-order valence-electron chi connectivity index (χ1n) is 5.87. The predicted octanol–water partition coefficient (Wildman–Crippen LogP) is 0.625. The standard InChI is InChI=1S/C11H19N5O/c1-16(4-5-17-8-9-2-3-9)11-7-13-6-10(14-11)15-12/h6-7,9H,2-5,8,12H2,1H3,(H,14,15). The van der Waals surface area contributed by atoms with Crippen LogP contribution in [0.25, 0.3) is 0 Å². The van der Waals surface area contributed by atoms with Crippen molar-refractivity contribution in [1.82, 2.24) is 9.97 Å². The Bertz CT molecular complexity index is 355. The molecule has 2 rings (SSSR count). The first-order valence-corrected chi connectivity index (χ1v) is 5.87. The molecule has 1 fully saturated rings. The molecule has 0 atom stereocenters. The number of hydrogen-bond acceptors (Lipinski definition) is 6. The predicted molar refractivity (Wildman–Crippen MR) is 66.7 cm³/mol. The second-order valence-electron chi connectivity index (χ2n) is 4.35. The molecular weight excluding hydrogens is 218 g/mol. The van der Waals surface area contributed by atoms with Gasteiger partial charge < -0.3 is 15.1 Å². The number of hydrazine groups is 1. The van der Waals surface area contributed by atoms with E-state index in [1.54, 1.807) is 12.4 Å². The van der Waals surface area contributed by atoms with Crippen molar-refractivity contribution in [3.8, 4) is 0 Å². The maximum absolute atomic E-state index is 5.58. The summed E-state index contributed by atoms with van der Waals surface area (Å²) >= 11 is 0. The zero-order chi connectivity index (χ0) is 12.1. The van der Waals surface area contributed by atoms with Gasteiger partial charge in [0.25, 0.3) is 0 Å². The molecule has 0 amide bonds. The van der Waals surface area contributed by atoms with E-state index in [0.717, 1.165) is 31.5 Å². The fraction of sp³-hybridized carbons (Fsp3) is 0.636. The summed E-state index contributed by atoms with van der Waals surface area (Å²) in [7, 11) is 1.96. The van der Waals surface area contributed by atoms with E-state index in [1.165, 1.54) is 12.8 Å². The summed E-state index contributed by atoms with van der Waals surface area (Å²) < 4.78 is 5.58. The van der Waals surface area contributed by atoms with Crippen molar-refractivity contribution in [1.29, 1.82) is 0 Å². The van der Waals surface area contributed by atoms with Gasteiger partial charge in [0.1, 0.15) is 5.82 Å². The van der Waals surface area contributed by atoms with Crippen LogP contribution in [0.3, 0.4) is 0 Å². The van der Waals surface area contributed by atoms with Crippen molar-refractivity contribution in [2.75, 3.05) is 37.1 Å². The lowest BCUT2D eigenvalue weighted by Crippen LogP contribution is -2.24. The van der Waals surface area contributed by atoms with Crippen LogP contribution in [-0.2, 0) is 4.74 Å². The van der Waals surface area contributed by atoms with Crippen molar-refractivity contribution >= 4 is 11.6 Å². The van der Waals surface area contributed by atoms with E-state index in [1.807, 2.05) is 11.9 Å². The fourth-order valence-corrected chi connectivity index (χ4v) is 1.46. The van der Waals surface area contributed by atoms with E-state index in [2.05, 4.69) is 15.4 Å². The smallest absolute Gasteiger partial charge is 0.160 e. The molecule has 0 saturated heterocycles. The van der Waals surface area contributed by atoms with Gasteiger partial charge >= 0.3 is 0 Å². The number of nitrogen functional groups attached to an aromatic ring is 1. The van der Waals surface area contributed by atoms with Gasteiger partial charge in [0.05, 0.1) is 19.0 Å². The van der Waals surface area contributed by atoms with Crippen LogP contribution in [0, 0.1) is 5.92 Å². The molecule has 0 bridgehead atoms. The highest BCUT2D eigenvalue weighted by atomic mass is 16.5. The molecule has 0 radical (unpaired) electrons. The number of nitrogens with zero attached hydrogens (tertiary/aromatic N) is 3. The second-order valence-corrected chi connectivity index (χ2v) is 4.35. The summed E-state index contributed by atoms with van der Waals surface area (Å²) in [4.78, 5) is 10.3. The normalized spacial score (nSPS) is 14.7. The topological polar surface area (TPSA) is 76.3 Å². The van der Waals surface area contributed by atoms with Crippen LogP contribution in [0.15, 0.2) is 12.4 Å². The molecule has 0 aromatic carbocycles. The number of anilines is 2. The third-order valence-corrected chi connectivity index (χ3v) is 2.78. The van der Waals surface area contributed by atoms with Gasteiger partial charge in [-0.15, -0.1) is 0 Å². The van der Waals surface area contributed by atoms with E-state index in [-0.39, 0.29) is 0 Å². The number of nitrogens with two attached hydrogens (primary N) is 1. The summed E-state index contributed by atoms with van der Waals surface area (Å²) in [6.07, 6.45) is 5.94. The Balaban J connectivity index is 1.74. The molecule has 1 aliphatic carbocycles. The van der Waals surface area contributed by atoms with Gasteiger partial charge in [0.2, 0.25) is 0 Å². The number of nitrogens with one attached hydrogen (secondary N) is 1. The lowest BCUT2D eigenvalue weighted by Gasteiger charge is -2.18. The van der Waals surface area contributed by atoms with Crippen LogP contribution in [0.1, 0.15) is 12.8 Å². The molecule has 0 spiro atoms. The molecule has 3 N–H and O–H groups in total. The van der Waals surface area contributed by atoms with Crippen molar-refractivity contribution in [3.05, 3.63) is 12.4 Å². The largest absolute Gasteiger partial charge is 0.379 e. The highest BCUT2D eigenvalue weighted by Gasteiger charge is 2.20. The Kier molecular flexibility index (Phi) is 4.11. The molecule has 94 valence electrons. The summed E-state index contributed by atoms with van der Waals surface area (Å²) in [6, 6.07) is 0. The quantitative estimate of drug-likeness (QED) is 0.411. The van der Waals surface area contributed by atoms with Crippen molar-refractivity contribution in [2.24, 2.45) is 11.8 Å². The molecule has 1 saturated carbocycles. The fourth-order valence-electron chi connectivity index (χ4n) is 1.46. The van der Waals surface area contributed by atoms with Crippen molar-refractivity contribution < 1.29 is 4.74 Å². The first kappa shape index (κ1) is 12.1. The molecule has 17 heavy (non-hydrogen) atoms. The van der Waals surface area contributed by atoms with Crippen LogP contribution in [0.4, 0.5) is 11.6 Å². The molecule has 0 aliphatic heterocycles. The van der Waals surface area contributed by atoms with E-state index < -0.39 is 0 Å². The number of aromatic nitrogens is 2. The summed E-state index contributed by atoms with van der Waals surface area (Å²) in [5, 5.41) is 0. The number of ether oxygens (including phenoxy) is 1. The van der Waals surface area contributed by atoms with Crippen LogP contribution in [-0.4, -0.2) is 36.8 Å². The zero-order valence-electron chi connectivity index (χ0n) is 10.1. The van der Waals surface area contributed by atoms with Gasteiger partial charge in [0, 0.05) is 20.2 Å². The maximum atomic E-state index is 5.58. The lowest BCUT2D eigenvalue weighted by molar-refractivity contribution is 0.131. The van der Waals surface area contributed by atoms with Gasteiger partial charge in [-0.25, -0.2) is 10.8 Å². The van der Waals surface area contributed by atoms with Gasteiger partial charge in [-0.05, 0) is 18.8 Å². The van der Waals surface area contributed by atoms with Crippen molar-refractivity contribution in [2.45, 2.75) is 12.8 Å². The number of rotatable bonds is 7. The third kappa shape index (κ3) is 3.83. The number of hydrogen-bond donors (Lipinski definition) is 2. The van der Waals surface area contributed by atoms with Crippen LogP contribution in [0.5, 0.6) is 0 Å². The highest BCUT2D eigenvalue weighted by molar-refractivity contribution is 5.42. The molecule has 0 unspecified atom stereocenters. The Morgan fingerprint density at radius 1 is 1.53 bits per heavy atom. The van der Waals surface area contributed by atoms with Gasteiger partial charge in [-0.1, -0.05) is 0 Å². The van der Waals surface area contributed by atoms with Crippen LogP contribution in [0.2, 0.25) is 0 Å². The zero-order valence-corrected chi connectivity index (χ0v) is 10.1. The molecule has 1 aliphatic rings. The lowest BCUT2D eigenvalue weighted by atomic mass is 10.4. The van der Waals surface area contributed by atoms with E-state index in [0.29, 0.717) is 5.82 Å². The minimum Gasteiger partial charge on any atom is -0.379 e. The van der Waals surface area contributed by atoms with Gasteiger partial charge in [-0.3, -0.25) is 4.98 Å². The maximum Gasteiger partial charge on any atom is 0.160 e. The van der Waals surface area contributed by atoms with Crippen LogP contribution < -0.4 is 16.2 Å². The van der Waals surface area contributed by atoms with E-state index in [4.69, 9.17) is 10.6 Å². The summed E-state index contributed by atoms with van der Waals surface area (Å²) in [5.41, 5.74) is 2.48. The molecule has 1 heterocycles. The molecular formula is C11H19N5O. The summed E-state index contributed by atoms with van der Waals surface area (Å²) in [6.45, 7) is 2.41. The minimum absolute atomic E-state index is 0.563. The minimum atomic E-state index is 0.563. The van der Waals surface area contributed by atoms with E-state index in [9.17, 15) is 0 Å². The number of likely N-dealkylation sites (N-methyl/N-ethyl adjacent to an activating group) is 1. The van der Waals surface area contributed by atoms with Crippen molar-refractivity contribution in [3.63, 3.8) is 0 Å². The Morgan fingerprint density at radius 2 is 2.35 bits per heavy atom. The Morgan fingerprint density at radius 3 is 3.06 bits per heavy atom. The van der Waals surface area contributed by atoms with Gasteiger partial charge in [-0.2, -0.15) is 0 Å². The second kappa shape index (κ2) is 5.79. The highest BCUT2D eigenvalue weighted by Crippen LogP contribution is 2.28. The Hall–Kier alpha value is -1.40.